The van der Waals surface area contributed by atoms with Gasteiger partial charge in [-0.1, -0.05) is 11.6 Å². The topological polar surface area (TPSA) is 8.17 Å². The molecular formula is C21H19FN2. The van der Waals surface area contributed by atoms with Gasteiger partial charge in [0.2, 0.25) is 0 Å². The summed E-state index contributed by atoms with van der Waals surface area (Å²) in [6, 6.07) is 16.2. The van der Waals surface area contributed by atoms with Gasteiger partial charge >= 0.3 is 0 Å². The summed E-state index contributed by atoms with van der Waals surface area (Å²) in [5, 5.41) is 1.31. The van der Waals surface area contributed by atoms with Crippen molar-refractivity contribution in [1.29, 1.82) is 0 Å². The first-order valence-corrected chi connectivity index (χ1v) is 8.21. The van der Waals surface area contributed by atoms with Crippen LogP contribution in [-0.4, -0.2) is 23.1 Å². The van der Waals surface area contributed by atoms with Crippen molar-refractivity contribution >= 4 is 10.9 Å². The zero-order valence-electron chi connectivity index (χ0n) is 13.9. The lowest BCUT2D eigenvalue weighted by atomic mass is 10.0. The SMILES string of the molecule is Cc1ccc2c(c1)c1c(n2C#Cc2ccc(F)cc2)CN(C)CC1. The molecule has 0 fully saturated rings. The summed E-state index contributed by atoms with van der Waals surface area (Å²) in [4.78, 5) is 2.32. The molecule has 0 saturated heterocycles. The summed E-state index contributed by atoms with van der Waals surface area (Å²) < 4.78 is 15.2. The Morgan fingerprint density at radius 2 is 1.88 bits per heavy atom. The number of halogens is 1. The van der Waals surface area contributed by atoms with E-state index in [-0.39, 0.29) is 5.82 Å². The summed E-state index contributed by atoms with van der Waals surface area (Å²) in [5.41, 5.74) is 5.95. The lowest BCUT2D eigenvalue weighted by Gasteiger charge is -2.23. The lowest BCUT2D eigenvalue weighted by molar-refractivity contribution is 0.308. The Hall–Kier alpha value is -2.57. The molecule has 0 atom stereocenters. The van der Waals surface area contributed by atoms with Gasteiger partial charge < -0.3 is 4.90 Å². The van der Waals surface area contributed by atoms with E-state index < -0.39 is 0 Å². The fourth-order valence-electron chi connectivity index (χ4n) is 3.39. The van der Waals surface area contributed by atoms with Crippen LogP contribution in [-0.2, 0) is 13.0 Å². The van der Waals surface area contributed by atoms with E-state index in [0.29, 0.717) is 0 Å². The molecule has 0 bridgehead atoms. The Morgan fingerprint density at radius 1 is 1.08 bits per heavy atom. The molecule has 0 radical (unpaired) electrons. The average Bonchev–Trinajstić information content (AvgIpc) is 2.86. The highest BCUT2D eigenvalue weighted by atomic mass is 19.1. The maximum Gasteiger partial charge on any atom is 0.123 e. The predicted octanol–water partition coefficient (Wildman–Crippen LogP) is 3.93. The molecule has 24 heavy (non-hydrogen) atoms. The van der Waals surface area contributed by atoms with Gasteiger partial charge in [0, 0.05) is 35.8 Å². The van der Waals surface area contributed by atoms with Crippen LogP contribution in [0.2, 0.25) is 0 Å². The minimum atomic E-state index is -0.235. The van der Waals surface area contributed by atoms with Crippen LogP contribution in [0.5, 0.6) is 0 Å². The fraction of sp³-hybridized carbons (Fsp3) is 0.238. The van der Waals surface area contributed by atoms with Crippen LogP contribution < -0.4 is 0 Å². The molecule has 2 heterocycles. The number of rotatable bonds is 0. The molecule has 1 aromatic heterocycles. The largest absolute Gasteiger partial charge is 0.300 e. The molecule has 2 nitrogen and oxygen atoms in total. The van der Waals surface area contributed by atoms with Crippen molar-refractivity contribution in [1.82, 2.24) is 9.47 Å². The van der Waals surface area contributed by atoms with Crippen LogP contribution in [0.4, 0.5) is 4.39 Å². The van der Waals surface area contributed by atoms with Gasteiger partial charge in [0.1, 0.15) is 5.82 Å². The lowest BCUT2D eigenvalue weighted by Crippen LogP contribution is -2.27. The quantitative estimate of drug-likeness (QED) is 0.570. The molecule has 1 aliphatic rings. The number of hydrogen-bond acceptors (Lipinski definition) is 1. The van der Waals surface area contributed by atoms with Crippen molar-refractivity contribution in [2.24, 2.45) is 0 Å². The van der Waals surface area contributed by atoms with Gasteiger partial charge in [0.15, 0.2) is 0 Å². The molecule has 120 valence electrons. The summed E-state index contributed by atoms with van der Waals surface area (Å²) in [6.07, 6.45) is 1.05. The Labute approximate surface area is 141 Å². The number of nitrogens with zero attached hydrogens (tertiary/aromatic N) is 2. The number of likely N-dealkylation sites (N-methyl/N-ethyl adjacent to an activating group) is 1. The molecule has 3 heteroatoms. The zero-order chi connectivity index (χ0) is 16.7. The van der Waals surface area contributed by atoms with E-state index in [1.165, 1.54) is 34.3 Å². The molecule has 0 spiro atoms. The average molecular weight is 318 g/mol. The maximum atomic E-state index is 13.1. The Kier molecular flexibility index (Phi) is 3.63. The number of aryl methyl sites for hydroxylation is 1. The van der Waals surface area contributed by atoms with Crippen LogP contribution in [0.25, 0.3) is 10.9 Å². The van der Waals surface area contributed by atoms with Crippen LogP contribution in [0.15, 0.2) is 42.5 Å². The molecule has 1 aliphatic heterocycles. The van der Waals surface area contributed by atoms with Gasteiger partial charge in [-0.15, -0.1) is 0 Å². The maximum absolute atomic E-state index is 13.1. The third-order valence-electron chi connectivity index (χ3n) is 4.66. The van der Waals surface area contributed by atoms with E-state index >= 15 is 0 Å². The number of benzene rings is 2. The standard InChI is InChI=1S/C21H19FN2/c1-15-3-8-20-19(13-15)18-10-11-23(2)14-21(18)24(20)12-9-16-4-6-17(22)7-5-16/h3-8,13H,10-11,14H2,1-2H3. The van der Waals surface area contributed by atoms with E-state index in [4.69, 9.17) is 0 Å². The Morgan fingerprint density at radius 3 is 2.67 bits per heavy atom. The minimum absolute atomic E-state index is 0.235. The monoisotopic (exact) mass is 318 g/mol. The molecule has 0 aliphatic carbocycles. The first-order valence-electron chi connectivity index (χ1n) is 8.21. The van der Waals surface area contributed by atoms with Crippen molar-refractivity contribution in [2.75, 3.05) is 13.6 Å². The summed E-state index contributed by atoms with van der Waals surface area (Å²) in [7, 11) is 2.14. The second-order valence-electron chi connectivity index (χ2n) is 6.51. The molecule has 2 aromatic carbocycles. The van der Waals surface area contributed by atoms with Gasteiger partial charge in [-0.2, -0.15) is 0 Å². The fourth-order valence-corrected chi connectivity index (χ4v) is 3.39. The van der Waals surface area contributed by atoms with Crippen LogP contribution in [0.1, 0.15) is 22.4 Å². The van der Waals surface area contributed by atoms with Crippen molar-refractivity contribution in [3.8, 4) is 12.0 Å². The van der Waals surface area contributed by atoms with Crippen LogP contribution in [0, 0.1) is 24.7 Å². The zero-order valence-corrected chi connectivity index (χ0v) is 13.9. The third-order valence-corrected chi connectivity index (χ3v) is 4.66. The molecule has 0 saturated carbocycles. The van der Waals surface area contributed by atoms with Crippen molar-refractivity contribution in [2.45, 2.75) is 19.9 Å². The normalized spacial score (nSPS) is 14.3. The first-order chi connectivity index (χ1) is 11.6. The van der Waals surface area contributed by atoms with E-state index in [2.05, 4.69) is 53.6 Å². The van der Waals surface area contributed by atoms with Crippen molar-refractivity contribution < 1.29 is 4.39 Å². The third kappa shape index (κ3) is 2.60. The summed E-state index contributed by atoms with van der Waals surface area (Å²) in [6.45, 7) is 4.11. The molecule has 0 amide bonds. The number of aromatic nitrogens is 1. The molecule has 0 N–H and O–H groups in total. The number of fused-ring (bicyclic) bond motifs is 3. The number of hydrogen-bond donors (Lipinski definition) is 0. The summed E-state index contributed by atoms with van der Waals surface area (Å²) in [5.74, 6) is 2.94. The van der Waals surface area contributed by atoms with Crippen LogP contribution in [0.3, 0.4) is 0 Å². The second kappa shape index (κ2) is 5.81. The van der Waals surface area contributed by atoms with Crippen LogP contribution >= 0.6 is 0 Å². The molecule has 4 rings (SSSR count). The van der Waals surface area contributed by atoms with Gasteiger partial charge in [0.05, 0.1) is 5.52 Å². The highest BCUT2D eigenvalue weighted by Crippen LogP contribution is 2.30. The Balaban J connectivity index is 1.88. The molecule has 3 aromatic rings. The first kappa shape index (κ1) is 15.0. The van der Waals surface area contributed by atoms with E-state index in [1.54, 1.807) is 12.1 Å². The van der Waals surface area contributed by atoms with Crippen molar-refractivity contribution in [3.63, 3.8) is 0 Å². The second-order valence-corrected chi connectivity index (χ2v) is 6.51. The molecule has 0 unspecified atom stereocenters. The van der Waals surface area contributed by atoms with E-state index in [1.807, 2.05) is 0 Å². The highest BCUT2D eigenvalue weighted by molar-refractivity contribution is 5.87. The van der Waals surface area contributed by atoms with E-state index in [0.717, 1.165) is 30.6 Å². The molecular weight excluding hydrogens is 299 g/mol. The minimum Gasteiger partial charge on any atom is -0.300 e. The van der Waals surface area contributed by atoms with Gasteiger partial charge in [-0.25, -0.2) is 4.39 Å². The van der Waals surface area contributed by atoms with Crippen molar-refractivity contribution in [3.05, 3.63) is 70.7 Å². The Bertz CT molecular complexity index is 971. The smallest absolute Gasteiger partial charge is 0.123 e. The van der Waals surface area contributed by atoms with E-state index in [9.17, 15) is 4.39 Å². The van der Waals surface area contributed by atoms with Gasteiger partial charge in [-0.05, 0) is 68.3 Å². The summed E-state index contributed by atoms with van der Waals surface area (Å²) >= 11 is 0. The predicted molar refractivity (Wildman–Crippen MR) is 95.4 cm³/mol. The van der Waals surface area contributed by atoms with Gasteiger partial charge in [0.25, 0.3) is 0 Å². The highest BCUT2D eigenvalue weighted by Gasteiger charge is 2.21. The van der Waals surface area contributed by atoms with Gasteiger partial charge in [-0.3, -0.25) is 4.57 Å².